The van der Waals surface area contributed by atoms with E-state index in [4.69, 9.17) is 0 Å². The molecular formula is C14H22BrN3O5. The van der Waals surface area contributed by atoms with Crippen molar-refractivity contribution in [1.29, 1.82) is 0 Å². The van der Waals surface area contributed by atoms with Crippen LogP contribution >= 0.6 is 15.9 Å². The number of hydrogen-bond donors (Lipinski definition) is 3. The molecule has 0 bridgehead atoms. The summed E-state index contributed by atoms with van der Waals surface area (Å²) in [5.41, 5.74) is -1.49. The van der Waals surface area contributed by atoms with Crippen LogP contribution in [0.15, 0.2) is 10.3 Å². The van der Waals surface area contributed by atoms with Crippen LogP contribution in [0.1, 0.15) is 41.5 Å². The fraction of sp³-hybridized carbons (Fsp3) is 0.643. The molecule has 0 saturated carbocycles. The van der Waals surface area contributed by atoms with E-state index in [0.717, 1.165) is 0 Å². The van der Waals surface area contributed by atoms with Gasteiger partial charge in [-0.05, 0) is 36.7 Å². The third-order valence-electron chi connectivity index (χ3n) is 3.61. The lowest BCUT2D eigenvalue weighted by Crippen LogP contribution is -2.76. The van der Waals surface area contributed by atoms with E-state index in [2.05, 4.69) is 21.2 Å². The van der Waals surface area contributed by atoms with Gasteiger partial charge in [0.05, 0.1) is 0 Å². The van der Waals surface area contributed by atoms with Gasteiger partial charge in [-0.3, -0.25) is 4.79 Å². The molecule has 0 aromatic heterocycles. The van der Waals surface area contributed by atoms with Gasteiger partial charge in [-0.25, -0.2) is 9.59 Å². The molecule has 8 nitrogen and oxygen atoms in total. The van der Waals surface area contributed by atoms with Gasteiger partial charge in [0, 0.05) is 11.0 Å². The maximum Gasteiger partial charge on any atom is 0.420 e. The Morgan fingerprint density at radius 1 is 1.17 bits per heavy atom. The molecule has 1 heterocycles. The van der Waals surface area contributed by atoms with E-state index in [1.54, 1.807) is 41.5 Å². The lowest BCUT2D eigenvalue weighted by atomic mass is 9.82. The van der Waals surface area contributed by atoms with Crippen LogP contribution < -0.4 is 5.32 Å². The highest BCUT2D eigenvalue weighted by Gasteiger charge is 2.63. The Bertz CT molecular complexity index is 562. The number of nitrogens with zero attached hydrogens (tertiary/aromatic N) is 2. The van der Waals surface area contributed by atoms with E-state index in [9.17, 15) is 24.6 Å². The Balaban J connectivity index is 3.82. The molecule has 0 aliphatic carbocycles. The number of amides is 2. The molecule has 0 spiro atoms. The molecule has 23 heavy (non-hydrogen) atoms. The van der Waals surface area contributed by atoms with E-state index >= 15 is 0 Å². The first-order valence-corrected chi connectivity index (χ1v) is 7.70. The largest absolute Gasteiger partial charge is 0.464 e. The van der Waals surface area contributed by atoms with Crippen molar-refractivity contribution in [3.63, 3.8) is 0 Å². The lowest BCUT2D eigenvalue weighted by Gasteiger charge is -2.56. The van der Waals surface area contributed by atoms with Crippen LogP contribution in [0.25, 0.3) is 0 Å². The van der Waals surface area contributed by atoms with Crippen molar-refractivity contribution < 1.29 is 24.6 Å². The van der Waals surface area contributed by atoms with Crippen LogP contribution in [0.5, 0.6) is 0 Å². The van der Waals surface area contributed by atoms with Crippen LogP contribution in [0.4, 0.5) is 9.59 Å². The Morgan fingerprint density at radius 3 is 1.87 bits per heavy atom. The van der Waals surface area contributed by atoms with Crippen LogP contribution in [0.2, 0.25) is 0 Å². The van der Waals surface area contributed by atoms with Crippen molar-refractivity contribution in [2.75, 3.05) is 0 Å². The smallest absolute Gasteiger partial charge is 0.420 e. The molecule has 9 heteroatoms. The zero-order chi connectivity index (χ0) is 18.4. The third kappa shape index (κ3) is 2.89. The minimum Gasteiger partial charge on any atom is -0.464 e. The molecule has 0 saturated heterocycles. The Hall–Kier alpha value is -1.77. The Kier molecular flexibility index (Phi) is 4.78. The summed E-state index contributed by atoms with van der Waals surface area (Å²) in [7, 11) is 0. The topological polar surface area (TPSA) is 110 Å². The second kappa shape index (κ2) is 5.70. The van der Waals surface area contributed by atoms with Crippen molar-refractivity contribution in [3.05, 3.63) is 10.3 Å². The predicted molar refractivity (Wildman–Crippen MR) is 86.8 cm³/mol. The first kappa shape index (κ1) is 19.3. The summed E-state index contributed by atoms with van der Waals surface area (Å²) >= 11 is 3.22. The van der Waals surface area contributed by atoms with Crippen molar-refractivity contribution in [2.45, 2.75) is 52.9 Å². The van der Waals surface area contributed by atoms with Gasteiger partial charge in [0.15, 0.2) is 6.29 Å². The zero-order valence-electron chi connectivity index (χ0n) is 14.0. The second-order valence-electron chi connectivity index (χ2n) is 7.27. The van der Waals surface area contributed by atoms with Crippen LogP contribution in [0, 0.1) is 5.41 Å². The second-order valence-corrected chi connectivity index (χ2v) is 8.06. The van der Waals surface area contributed by atoms with Gasteiger partial charge in [-0.2, -0.15) is 4.90 Å². The number of carbonyl (C=O) groups is 3. The number of nitrogens with one attached hydrogen (secondary N) is 1. The highest BCUT2D eigenvalue weighted by Crippen LogP contribution is 2.48. The van der Waals surface area contributed by atoms with Crippen molar-refractivity contribution in [1.82, 2.24) is 15.1 Å². The molecule has 1 aliphatic heterocycles. The summed E-state index contributed by atoms with van der Waals surface area (Å²) in [6.07, 6.45) is -2.71. The summed E-state index contributed by atoms with van der Waals surface area (Å²) < 4.78 is 0.241. The van der Waals surface area contributed by atoms with E-state index in [0.29, 0.717) is 11.2 Å². The average Bonchev–Trinajstić information content (AvgIpc) is 2.60. The SMILES string of the molecule is CC(C)(C)N1C(C=O)=C(Br)NC1(N(C(=O)O)C(=O)O)C(C)(C)C. The minimum atomic E-state index is -1.70. The van der Waals surface area contributed by atoms with E-state index < -0.39 is 28.9 Å². The summed E-state index contributed by atoms with van der Waals surface area (Å²) in [5.74, 6) is -1.70. The Labute approximate surface area is 143 Å². The number of aldehydes is 1. The monoisotopic (exact) mass is 391 g/mol. The van der Waals surface area contributed by atoms with E-state index in [1.165, 1.54) is 4.90 Å². The first-order chi connectivity index (χ1) is 10.2. The number of hydrogen-bond acceptors (Lipinski definition) is 5. The molecule has 1 unspecified atom stereocenters. The minimum absolute atomic E-state index is 0.153. The van der Waals surface area contributed by atoms with Crippen LogP contribution in [0.3, 0.4) is 0 Å². The molecule has 0 aromatic rings. The van der Waals surface area contributed by atoms with Crippen LogP contribution in [-0.2, 0) is 4.79 Å². The summed E-state index contributed by atoms with van der Waals surface area (Å²) in [4.78, 5) is 36.8. The average molecular weight is 392 g/mol. The predicted octanol–water partition coefficient (Wildman–Crippen LogP) is 2.81. The van der Waals surface area contributed by atoms with Crippen molar-refractivity contribution in [3.8, 4) is 0 Å². The summed E-state index contributed by atoms with van der Waals surface area (Å²) in [6, 6.07) is 0. The van der Waals surface area contributed by atoms with Gasteiger partial charge in [0.2, 0.25) is 5.79 Å². The molecule has 130 valence electrons. The van der Waals surface area contributed by atoms with E-state index in [-0.39, 0.29) is 10.3 Å². The van der Waals surface area contributed by atoms with Gasteiger partial charge < -0.3 is 20.4 Å². The highest BCUT2D eigenvalue weighted by molar-refractivity contribution is 9.11. The quantitative estimate of drug-likeness (QED) is 0.490. The molecule has 1 atom stereocenters. The Morgan fingerprint density at radius 2 is 1.61 bits per heavy atom. The number of rotatable bonds is 2. The van der Waals surface area contributed by atoms with Gasteiger partial charge in [0.1, 0.15) is 10.3 Å². The molecule has 1 rings (SSSR count). The molecule has 2 amide bonds. The lowest BCUT2D eigenvalue weighted by molar-refractivity contribution is -0.130. The zero-order valence-corrected chi connectivity index (χ0v) is 15.6. The molecular weight excluding hydrogens is 370 g/mol. The van der Waals surface area contributed by atoms with Gasteiger partial charge in [-0.15, -0.1) is 0 Å². The fourth-order valence-corrected chi connectivity index (χ4v) is 3.42. The van der Waals surface area contributed by atoms with Gasteiger partial charge in [-0.1, -0.05) is 20.8 Å². The van der Waals surface area contributed by atoms with Gasteiger partial charge in [0.25, 0.3) is 0 Å². The first-order valence-electron chi connectivity index (χ1n) is 6.91. The number of imide groups is 1. The normalized spacial score (nSPS) is 22.0. The number of allylic oxidation sites excluding steroid dienone is 1. The van der Waals surface area contributed by atoms with Crippen molar-refractivity contribution in [2.24, 2.45) is 5.41 Å². The van der Waals surface area contributed by atoms with Gasteiger partial charge >= 0.3 is 12.2 Å². The maximum atomic E-state index is 11.7. The third-order valence-corrected chi connectivity index (χ3v) is 4.21. The maximum absolute atomic E-state index is 11.7. The summed E-state index contributed by atoms with van der Waals surface area (Å²) in [5, 5.41) is 21.9. The fourth-order valence-electron chi connectivity index (χ4n) is 2.87. The molecule has 3 N–H and O–H groups in total. The summed E-state index contributed by atoms with van der Waals surface area (Å²) in [6.45, 7) is 10.4. The molecule has 0 radical (unpaired) electrons. The number of halogens is 1. The molecule has 0 aromatic carbocycles. The highest BCUT2D eigenvalue weighted by atomic mass is 79.9. The van der Waals surface area contributed by atoms with Crippen molar-refractivity contribution >= 4 is 34.4 Å². The number of carboxylic acid groups (broad SMARTS) is 2. The van der Waals surface area contributed by atoms with Crippen LogP contribution in [-0.4, -0.2) is 49.8 Å². The van der Waals surface area contributed by atoms with E-state index in [1.807, 2.05) is 0 Å². The number of carbonyl (C=O) groups excluding carboxylic acids is 1. The molecule has 1 aliphatic rings. The standard InChI is InChI=1S/C14H22BrN3O5/c1-12(2,3)14(17(10(20)21)11(22)23)16-9(15)8(7-19)18(14)13(4,5)6/h7,16H,1-6H3,(H,20,21)(H,22,23). The molecule has 0 fully saturated rings.